The van der Waals surface area contributed by atoms with Crippen molar-refractivity contribution in [3.05, 3.63) is 46.2 Å². The van der Waals surface area contributed by atoms with Gasteiger partial charge in [-0.1, -0.05) is 12.1 Å². The zero-order valence-electron chi connectivity index (χ0n) is 10.6. The van der Waals surface area contributed by atoms with E-state index in [4.69, 9.17) is 5.11 Å². The Morgan fingerprint density at radius 1 is 1.29 bits per heavy atom. The smallest absolute Gasteiger partial charge is 0.441 e. The van der Waals surface area contributed by atoms with Gasteiger partial charge in [-0.3, -0.25) is 4.79 Å². The summed E-state index contributed by atoms with van der Waals surface area (Å²) in [6, 6.07) is 6.23. The van der Waals surface area contributed by atoms with Gasteiger partial charge in [-0.25, -0.2) is 4.79 Å². The molecular formula is C13H10F3NO3S. The van der Waals surface area contributed by atoms with E-state index >= 15 is 0 Å². The highest BCUT2D eigenvalue weighted by Gasteiger charge is 2.27. The first kappa shape index (κ1) is 15.4. The van der Waals surface area contributed by atoms with Gasteiger partial charge in [-0.2, -0.15) is 13.2 Å². The second kappa shape index (κ2) is 5.80. The van der Waals surface area contributed by atoms with E-state index in [0.29, 0.717) is 5.52 Å². The monoisotopic (exact) mass is 317 g/mol. The number of carboxylic acid groups (broad SMARTS) is 1. The summed E-state index contributed by atoms with van der Waals surface area (Å²) < 4.78 is 37.8. The lowest BCUT2D eigenvalue weighted by atomic mass is 10.1. The molecule has 0 saturated heterocycles. The zero-order chi connectivity index (χ0) is 15.6. The van der Waals surface area contributed by atoms with Crippen LogP contribution in [0.5, 0.6) is 0 Å². The summed E-state index contributed by atoms with van der Waals surface area (Å²) in [6.07, 6.45) is 1.09. The van der Waals surface area contributed by atoms with Crippen LogP contribution in [0.1, 0.15) is 10.4 Å². The molecule has 0 unspecified atom stereocenters. The normalized spacial score (nSPS) is 11.8. The summed E-state index contributed by atoms with van der Waals surface area (Å²) in [5, 5.41) is 9.18. The molecule has 0 saturated carbocycles. The van der Waals surface area contributed by atoms with Gasteiger partial charge in [0.05, 0.1) is 5.52 Å². The standard InChI is InChI=1S/C13H10F3NO3S/c14-13(15,16)21-6-5-17-7-9(12(19)20)11(18)8-3-1-2-4-10(8)17/h1-4,7H,5-6H2,(H,19,20). The van der Waals surface area contributed by atoms with Crippen molar-refractivity contribution in [2.24, 2.45) is 0 Å². The van der Waals surface area contributed by atoms with Crippen molar-refractivity contribution in [2.45, 2.75) is 12.1 Å². The number of benzene rings is 1. The van der Waals surface area contributed by atoms with Crippen LogP contribution in [0.2, 0.25) is 0 Å². The van der Waals surface area contributed by atoms with Crippen molar-refractivity contribution in [1.29, 1.82) is 0 Å². The lowest BCUT2D eigenvalue weighted by molar-refractivity contribution is -0.0328. The second-order valence-corrected chi connectivity index (χ2v) is 5.34. The number of aromatic nitrogens is 1. The topological polar surface area (TPSA) is 59.3 Å². The lowest BCUT2D eigenvalue weighted by Crippen LogP contribution is -2.19. The number of hydrogen-bond acceptors (Lipinski definition) is 3. The van der Waals surface area contributed by atoms with Gasteiger partial charge >= 0.3 is 11.5 Å². The van der Waals surface area contributed by atoms with Crippen LogP contribution in [-0.4, -0.2) is 26.9 Å². The van der Waals surface area contributed by atoms with Gasteiger partial charge in [0.25, 0.3) is 0 Å². The number of pyridine rings is 1. The van der Waals surface area contributed by atoms with Crippen molar-refractivity contribution < 1.29 is 23.1 Å². The molecule has 21 heavy (non-hydrogen) atoms. The summed E-state index contributed by atoms with van der Waals surface area (Å²) in [7, 11) is 0. The molecule has 4 nitrogen and oxygen atoms in total. The Balaban J connectivity index is 2.45. The molecule has 0 fully saturated rings. The molecule has 1 aromatic heterocycles. The van der Waals surface area contributed by atoms with Gasteiger partial charge in [0, 0.05) is 23.9 Å². The molecule has 0 amide bonds. The van der Waals surface area contributed by atoms with Crippen LogP contribution in [0.3, 0.4) is 0 Å². The predicted octanol–water partition coefficient (Wildman–Crippen LogP) is 2.95. The van der Waals surface area contributed by atoms with E-state index in [2.05, 4.69) is 0 Å². The maximum absolute atomic E-state index is 12.2. The first-order valence-electron chi connectivity index (χ1n) is 5.86. The van der Waals surface area contributed by atoms with Gasteiger partial charge in [0.15, 0.2) is 0 Å². The Bertz CT molecular complexity index is 739. The van der Waals surface area contributed by atoms with Gasteiger partial charge in [-0.05, 0) is 23.9 Å². The highest BCUT2D eigenvalue weighted by Crippen LogP contribution is 2.30. The van der Waals surface area contributed by atoms with E-state index in [-0.39, 0.29) is 29.4 Å². The molecule has 112 valence electrons. The number of para-hydroxylation sites is 1. The summed E-state index contributed by atoms with van der Waals surface area (Å²) in [5.74, 6) is -1.67. The van der Waals surface area contributed by atoms with Crippen molar-refractivity contribution in [2.75, 3.05) is 5.75 Å². The number of nitrogens with zero attached hydrogens (tertiary/aromatic N) is 1. The summed E-state index contributed by atoms with van der Waals surface area (Å²) >= 11 is -0.191. The molecule has 2 aromatic rings. The van der Waals surface area contributed by atoms with E-state index in [0.717, 1.165) is 6.20 Å². The number of aryl methyl sites for hydroxylation is 1. The molecule has 8 heteroatoms. The highest BCUT2D eigenvalue weighted by atomic mass is 32.2. The van der Waals surface area contributed by atoms with Gasteiger partial charge < -0.3 is 9.67 Å². The van der Waals surface area contributed by atoms with Gasteiger partial charge in [0.1, 0.15) is 5.56 Å². The average molecular weight is 317 g/mol. The number of rotatable bonds is 4. The molecule has 0 atom stereocenters. The maximum atomic E-state index is 12.2. The number of fused-ring (bicyclic) bond motifs is 1. The van der Waals surface area contributed by atoms with E-state index in [9.17, 15) is 22.8 Å². The number of alkyl halides is 3. The first-order valence-corrected chi connectivity index (χ1v) is 6.84. The Hall–Kier alpha value is -1.96. The number of hydrogen-bond donors (Lipinski definition) is 1. The zero-order valence-corrected chi connectivity index (χ0v) is 11.4. The minimum atomic E-state index is -4.34. The van der Waals surface area contributed by atoms with E-state index in [1.807, 2.05) is 0 Å². The third-order valence-corrected chi connectivity index (χ3v) is 3.53. The fourth-order valence-corrected chi connectivity index (χ4v) is 2.46. The van der Waals surface area contributed by atoms with E-state index in [1.54, 1.807) is 18.2 Å². The minimum Gasteiger partial charge on any atom is -0.477 e. The van der Waals surface area contributed by atoms with Crippen molar-refractivity contribution in [1.82, 2.24) is 4.57 Å². The van der Waals surface area contributed by atoms with Crippen LogP contribution in [-0.2, 0) is 6.54 Å². The lowest BCUT2D eigenvalue weighted by Gasteiger charge is -2.12. The van der Waals surface area contributed by atoms with Crippen LogP contribution in [0.4, 0.5) is 13.2 Å². The van der Waals surface area contributed by atoms with Crippen molar-refractivity contribution in [3.8, 4) is 0 Å². The average Bonchev–Trinajstić information content (AvgIpc) is 2.40. The molecule has 2 rings (SSSR count). The Labute approximate surface area is 121 Å². The van der Waals surface area contributed by atoms with Gasteiger partial charge in [0.2, 0.25) is 5.43 Å². The fourth-order valence-electron chi connectivity index (χ4n) is 1.94. The predicted molar refractivity (Wildman–Crippen MR) is 73.7 cm³/mol. The van der Waals surface area contributed by atoms with Crippen LogP contribution in [0.15, 0.2) is 35.3 Å². The van der Waals surface area contributed by atoms with Crippen LogP contribution < -0.4 is 5.43 Å². The Morgan fingerprint density at radius 2 is 1.95 bits per heavy atom. The number of halogens is 3. The van der Waals surface area contributed by atoms with E-state index < -0.39 is 22.5 Å². The molecule has 0 bridgehead atoms. The first-order chi connectivity index (χ1) is 9.79. The third kappa shape index (κ3) is 3.57. The van der Waals surface area contributed by atoms with E-state index in [1.165, 1.54) is 10.6 Å². The Kier molecular flexibility index (Phi) is 4.26. The summed E-state index contributed by atoms with van der Waals surface area (Å²) in [6.45, 7) is -0.0503. The quantitative estimate of drug-likeness (QED) is 0.942. The molecule has 1 aromatic carbocycles. The largest absolute Gasteiger partial charge is 0.477 e. The Morgan fingerprint density at radius 3 is 2.57 bits per heavy atom. The van der Waals surface area contributed by atoms with Crippen LogP contribution >= 0.6 is 11.8 Å². The fraction of sp³-hybridized carbons (Fsp3) is 0.231. The molecule has 0 spiro atoms. The molecule has 1 N–H and O–H groups in total. The number of aromatic carboxylic acids is 1. The molecule has 0 aliphatic heterocycles. The highest BCUT2D eigenvalue weighted by molar-refractivity contribution is 8.00. The maximum Gasteiger partial charge on any atom is 0.441 e. The van der Waals surface area contributed by atoms with Crippen molar-refractivity contribution >= 4 is 28.6 Å². The number of thioether (sulfide) groups is 1. The number of carboxylic acids is 1. The second-order valence-electron chi connectivity index (χ2n) is 4.18. The molecular weight excluding hydrogens is 307 g/mol. The van der Waals surface area contributed by atoms with Crippen LogP contribution in [0.25, 0.3) is 10.9 Å². The van der Waals surface area contributed by atoms with Gasteiger partial charge in [-0.15, -0.1) is 0 Å². The molecule has 0 radical (unpaired) electrons. The SMILES string of the molecule is O=C(O)c1cn(CCSC(F)(F)F)c2ccccc2c1=O. The summed E-state index contributed by atoms with van der Waals surface area (Å²) in [4.78, 5) is 23.0. The third-order valence-electron chi connectivity index (χ3n) is 2.82. The molecule has 0 aliphatic rings. The molecule has 1 heterocycles. The summed E-state index contributed by atoms with van der Waals surface area (Å²) in [5.41, 5.74) is -5.02. The van der Waals surface area contributed by atoms with Crippen molar-refractivity contribution in [3.63, 3.8) is 0 Å². The number of carbonyl (C=O) groups is 1. The van der Waals surface area contributed by atoms with Crippen LogP contribution in [0, 0.1) is 0 Å². The minimum absolute atomic E-state index is 0.0503. The molecule has 0 aliphatic carbocycles.